The van der Waals surface area contributed by atoms with Crippen LogP contribution in [0.1, 0.15) is 12.8 Å². The van der Waals surface area contributed by atoms with Crippen molar-refractivity contribution in [3.63, 3.8) is 0 Å². The Bertz CT molecular complexity index is 545. The van der Waals surface area contributed by atoms with Crippen molar-refractivity contribution in [1.82, 2.24) is 0 Å². The fourth-order valence-corrected chi connectivity index (χ4v) is 3.76. The van der Waals surface area contributed by atoms with Gasteiger partial charge in [0.25, 0.3) is 0 Å². The Morgan fingerprint density at radius 1 is 0.960 bits per heavy atom. The highest BCUT2D eigenvalue weighted by Crippen LogP contribution is 2.48. The second-order valence-electron chi connectivity index (χ2n) is 5.66. The van der Waals surface area contributed by atoms with Gasteiger partial charge in [0.05, 0.1) is 25.4 Å². The fourth-order valence-electron chi connectivity index (χ4n) is 2.46. The summed E-state index contributed by atoms with van der Waals surface area (Å²) >= 11 is 0. The van der Waals surface area contributed by atoms with Crippen LogP contribution in [0.15, 0.2) is 0 Å². The van der Waals surface area contributed by atoms with Crippen LogP contribution in [0.2, 0.25) is 0 Å². The normalized spacial score (nSPS) is 38.7. The first-order chi connectivity index (χ1) is 11.5. The van der Waals surface area contributed by atoms with E-state index in [-0.39, 0.29) is 12.8 Å². The molecular weight excluding hydrogens is 380 g/mol. The van der Waals surface area contributed by atoms with E-state index >= 15 is 0 Å². The van der Waals surface area contributed by atoms with E-state index < -0.39 is 65.3 Å². The number of phosphoric ester groups is 2. The van der Waals surface area contributed by atoms with Gasteiger partial charge in [0.1, 0.15) is 27.9 Å². The number of ether oxygens (including phenoxy) is 2. The van der Waals surface area contributed by atoms with E-state index in [0.717, 1.165) is 0 Å². The summed E-state index contributed by atoms with van der Waals surface area (Å²) < 4.78 is 47.0. The summed E-state index contributed by atoms with van der Waals surface area (Å²) in [5.41, 5.74) is 0. The molecule has 0 aromatic heterocycles. The molecule has 2 aliphatic rings. The predicted octanol–water partition coefficient (Wildman–Crippen LogP) is -1.47. The van der Waals surface area contributed by atoms with Crippen molar-refractivity contribution in [2.24, 2.45) is 0 Å². The minimum atomic E-state index is -4.75. The maximum absolute atomic E-state index is 12.0. The summed E-state index contributed by atoms with van der Waals surface area (Å²) in [5, 5.41) is 9.64. The molecule has 2 aliphatic heterocycles. The molecule has 0 bridgehead atoms. The van der Waals surface area contributed by atoms with Crippen molar-refractivity contribution < 1.29 is 52.0 Å². The van der Waals surface area contributed by atoms with Gasteiger partial charge in [-0.05, 0) is 12.8 Å². The average Bonchev–Trinajstić information content (AvgIpc) is 2.95. The van der Waals surface area contributed by atoms with Crippen LogP contribution in [-0.2, 0) is 32.2 Å². The van der Waals surface area contributed by atoms with Crippen LogP contribution in [0.25, 0.3) is 0 Å². The molecule has 25 heavy (non-hydrogen) atoms. The molecule has 2 unspecified atom stereocenters. The fraction of sp³-hybridized carbons (Fsp3) is 1.00. The lowest BCUT2D eigenvalue weighted by Gasteiger charge is -2.23. The minimum Gasteiger partial charge on any atom is -0.390 e. The van der Waals surface area contributed by atoms with Gasteiger partial charge in [-0.3, -0.25) is 13.6 Å². The molecule has 4 radical (unpaired) electrons. The first kappa shape index (κ1) is 21.5. The number of hydrogen-bond acceptors (Lipinski definition) is 8. The second-order valence-corrected chi connectivity index (χ2v) is 8.30. The first-order valence-electron chi connectivity index (χ1n) is 7.31. The highest BCUT2D eigenvalue weighted by Gasteiger charge is 2.41. The third-order valence-electron chi connectivity index (χ3n) is 3.56. The zero-order valence-electron chi connectivity index (χ0n) is 13.0. The van der Waals surface area contributed by atoms with E-state index in [9.17, 15) is 19.1 Å². The smallest absolute Gasteiger partial charge is 0.390 e. The van der Waals surface area contributed by atoms with Gasteiger partial charge in [-0.2, -0.15) is 0 Å². The van der Waals surface area contributed by atoms with E-state index in [1.165, 1.54) is 0 Å². The molecule has 7 atom stereocenters. The Balaban J connectivity index is 1.86. The number of hydrogen-bond donors (Lipinski definition) is 4. The summed E-state index contributed by atoms with van der Waals surface area (Å²) in [7, 11) is 1.69. The topological polar surface area (TPSA) is 161 Å². The largest absolute Gasteiger partial charge is 0.472 e. The van der Waals surface area contributed by atoms with Gasteiger partial charge in [0.2, 0.25) is 0 Å². The van der Waals surface area contributed by atoms with E-state index in [4.69, 9.17) is 44.0 Å². The summed E-state index contributed by atoms with van der Waals surface area (Å²) in [6.07, 6.45) is -3.84. The monoisotopic (exact) mass is 398 g/mol. The van der Waals surface area contributed by atoms with E-state index in [0.29, 0.717) is 0 Å². The van der Waals surface area contributed by atoms with E-state index in [2.05, 4.69) is 4.52 Å². The third-order valence-corrected chi connectivity index (χ3v) is 5.06. The van der Waals surface area contributed by atoms with E-state index in [1.54, 1.807) is 0 Å². The van der Waals surface area contributed by atoms with Gasteiger partial charge in [0.15, 0.2) is 0 Å². The molecule has 2 rings (SSSR count). The van der Waals surface area contributed by atoms with Crippen LogP contribution in [0.4, 0.5) is 0 Å². The zero-order chi connectivity index (χ0) is 18.8. The zero-order valence-corrected chi connectivity index (χ0v) is 14.8. The SMILES string of the molecule is [B][C@H]1CC(OP(=O)(O)OC[C@H]2O[C@@H]([B])C[C@H]2O)[C@@H](COP(=O)(O)O)O1. The van der Waals surface area contributed by atoms with Gasteiger partial charge in [-0.15, -0.1) is 0 Å². The molecule has 15 heteroatoms. The molecule has 2 heterocycles. The van der Waals surface area contributed by atoms with Crippen molar-refractivity contribution in [3.8, 4) is 0 Å². The lowest BCUT2D eigenvalue weighted by Crippen LogP contribution is -2.30. The molecule has 11 nitrogen and oxygen atoms in total. The van der Waals surface area contributed by atoms with Crippen LogP contribution >= 0.6 is 15.6 Å². The van der Waals surface area contributed by atoms with Crippen molar-refractivity contribution >= 4 is 31.3 Å². The van der Waals surface area contributed by atoms with Crippen LogP contribution in [0.3, 0.4) is 0 Å². The summed E-state index contributed by atoms with van der Waals surface area (Å²) in [4.78, 5) is 27.2. The Kier molecular flexibility index (Phi) is 7.32. The first-order valence-corrected chi connectivity index (χ1v) is 10.3. The number of phosphoric acid groups is 2. The summed E-state index contributed by atoms with van der Waals surface area (Å²) in [6.45, 7) is -1.03. The third kappa shape index (κ3) is 7.04. The van der Waals surface area contributed by atoms with Gasteiger partial charge in [0, 0.05) is 12.0 Å². The van der Waals surface area contributed by atoms with Crippen LogP contribution in [0, 0.1) is 0 Å². The van der Waals surface area contributed by atoms with Crippen molar-refractivity contribution in [2.75, 3.05) is 13.2 Å². The van der Waals surface area contributed by atoms with Crippen molar-refractivity contribution in [3.05, 3.63) is 0 Å². The van der Waals surface area contributed by atoms with Crippen LogP contribution in [0.5, 0.6) is 0 Å². The molecule has 2 saturated heterocycles. The molecule has 0 amide bonds. The lowest BCUT2D eigenvalue weighted by molar-refractivity contribution is -0.0247. The highest BCUT2D eigenvalue weighted by atomic mass is 31.2. The molecular formula is C10H18B2O11P2. The second kappa shape index (κ2) is 8.50. The lowest BCUT2D eigenvalue weighted by atomic mass is 9.96. The molecule has 0 aliphatic carbocycles. The average molecular weight is 398 g/mol. The molecule has 140 valence electrons. The summed E-state index contributed by atoms with van der Waals surface area (Å²) in [5.74, 6) is 0. The quantitative estimate of drug-likeness (QED) is 0.279. The van der Waals surface area contributed by atoms with Crippen molar-refractivity contribution in [2.45, 2.75) is 49.3 Å². The Morgan fingerprint density at radius 2 is 1.52 bits per heavy atom. The molecule has 4 N–H and O–H groups in total. The number of rotatable bonds is 8. The number of aliphatic hydroxyl groups excluding tert-OH is 1. The van der Waals surface area contributed by atoms with Gasteiger partial charge >= 0.3 is 15.6 Å². The maximum atomic E-state index is 12.0. The summed E-state index contributed by atoms with van der Waals surface area (Å²) in [6, 6.07) is -1.56. The van der Waals surface area contributed by atoms with Gasteiger partial charge in [-0.25, -0.2) is 9.13 Å². The number of aliphatic hydroxyl groups is 1. The maximum Gasteiger partial charge on any atom is 0.472 e. The molecule has 0 spiro atoms. The van der Waals surface area contributed by atoms with Gasteiger partial charge < -0.3 is 29.3 Å². The Labute approximate surface area is 146 Å². The van der Waals surface area contributed by atoms with Crippen molar-refractivity contribution in [1.29, 1.82) is 0 Å². The highest BCUT2D eigenvalue weighted by molar-refractivity contribution is 7.47. The Morgan fingerprint density at radius 3 is 2.08 bits per heavy atom. The minimum absolute atomic E-state index is 0.0173. The molecule has 2 fully saturated rings. The predicted molar refractivity (Wildman–Crippen MR) is 82.7 cm³/mol. The van der Waals surface area contributed by atoms with Crippen LogP contribution < -0.4 is 0 Å². The molecule has 0 saturated carbocycles. The molecule has 0 aromatic carbocycles. The van der Waals surface area contributed by atoms with Crippen LogP contribution in [-0.4, -0.2) is 85.1 Å². The standard InChI is InChI=1S/C10H18B2O11P2/c11-9-1-5(13)7(21-9)3-20-25(17,18)23-6-2-10(12)22-8(6)4-19-24(14,15)16/h5-10,13H,1-4H2,(H,17,18)(H2,14,15,16)/t5-,6?,7-,8-,9-,10-/m1/s1. The van der Waals surface area contributed by atoms with Gasteiger partial charge in [-0.1, -0.05) is 0 Å². The van der Waals surface area contributed by atoms with E-state index in [1.807, 2.05) is 0 Å². The molecule has 0 aromatic rings. The Hall–Kier alpha value is 0.230.